The van der Waals surface area contributed by atoms with Crippen LogP contribution >= 0.6 is 11.8 Å². The van der Waals surface area contributed by atoms with Crippen LogP contribution in [0.15, 0.2) is 46.8 Å². The van der Waals surface area contributed by atoms with Crippen LogP contribution in [0.25, 0.3) is 5.69 Å². The minimum absolute atomic E-state index is 0.140. The second-order valence-corrected chi connectivity index (χ2v) is 6.31. The SMILES string of the molecule is O=[N+]([O-])c1cnc(Sc2nnnn2-c2ccccc2)nc1NC1CC1. The normalized spacial score (nSPS) is 13.6. The quantitative estimate of drug-likeness (QED) is 0.401. The average molecular weight is 356 g/mol. The number of nitrogens with one attached hydrogen (secondary N) is 1. The van der Waals surface area contributed by atoms with Crippen molar-refractivity contribution in [1.29, 1.82) is 0 Å². The molecular weight excluding hydrogens is 344 g/mol. The molecule has 10 nitrogen and oxygen atoms in total. The standard InChI is InChI=1S/C14H12N8O2S/c23-22(24)11-8-15-13(17-12(11)16-9-6-7-9)25-14-18-19-20-21(14)10-4-2-1-3-5-10/h1-5,8-9H,6-7H2,(H,15,16,17). The van der Waals surface area contributed by atoms with Gasteiger partial charge in [0.1, 0.15) is 6.20 Å². The van der Waals surface area contributed by atoms with Gasteiger partial charge in [-0.1, -0.05) is 18.2 Å². The molecule has 0 aliphatic heterocycles. The molecule has 0 amide bonds. The summed E-state index contributed by atoms with van der Waals surface area (Å²) >= 11 is 1.14. The summed E-state index contributed by atoms with van der Waals surface area (Å²) in [5.41, 5.74) is 0.659. The maximum atomic E-state index is 11.1. The molecule has 0 saturated heterocycles. The number of anilines is 1. The van der Waals surface area contributed by atoms with Gasteiger partial charge in [-0.25, -0.2) is 4.98 Å². The van der Waals surface area contributed by atoms with Gasteiger partial charge in [0.25, 0.3) is 0 Å². The van der Waals surface area contributed by atoms with E-state index in [0.29, 0.717) is 10.3 Å². The molecular formula is C14H12N8O2S. The van der Waals surface area contributed by atoms with Gasteiger partial charge >= 0.3 is 5.69 Å². The summed E-state index contributed by atoms with van der Waals surface area (Å²) in [6.07, 6.45) is 3.17. The van der Waals surface area contributed by atoms with Gasteiger partial charge < -0.3 is 5.32 Å². The second kappa shape index (κ2) is 6.43. The molecule has 0 radical (unpaired) electrons. The van der Waals surface area contributed by atoms with Crippen LogP contribution in [0.5, 0.6) is 0 Å². The van der Waals surface area contributed by atoms with Gasteiger partial charge in [-0.15, -0.1) is 5.10 Å². The molecule has 1 aromatic carbocycles. The molecule has 1 saturated carbocycles. The molecule has 3 aromatic rings. The van der Waals surface area contributed by atoms with E-state index in [-0.39, 0.29) is 17.5 Å². The van der Waals surface area contributed by atoms with E-state index in [1.54, 1.807) is 4.68 Å². The first-order chi connectivity index (χ1) is 12.2. The molecule has 0 bridgehead atoms. The Morgan fingerprint density at radius 2 is 2.08 bits per heavy atom. The van der Waals surface area contributed by atoms with Crippen molar-refractivity contribution in [2.75, 3.05) is 5.32 Å². The summed E-state index contributed by atoms with van der Waals surface area (Å²) in [6.45, 7) is 0. The molecule has 2 heterocycles. The lowest BCUT2D eigenvalue weighted by Crippen LogP contribution is -2.08. The summed E-state index contributed by atoms with van der Waals surface area (Å²) in [5.74, 6) is 0.226. The minimum atomic E-state index is -0.493. The third-order valence-electron chi connectivity index (χ3n) is 3.49. The Kier molecular flexibility index (Phi) is 3.98. The van der Waals surface area contributed by atoms with Crippen molar-refractivity contribution in [3.05, 3.63) is 46.6 Å². The molecule has 1 N–H and O–H groups in total. The monoisotopic (exact) mass is 356 g/mol. The fraction of sp³-hybridized carbons (Fsp3) is 0.214. The molecule has 0 spiro atoms. The minimum Gasteiger partial charge on any atom is -0.361 e. The Morgan fingerprint density at radius 1 is 1.28 bits per heavy atom. The van der Waals surface area contributed by atoms with Crippen LogP contribution in [-0.4, -0.2) is 41.1 Å². The van der Waals surface area contributed by atoms with Crippen LogP contribution in [0, 0.1) is 10.1 Å². The smallest absolute Gasteiger partial charge is 0.329 e. The topological polar surface area (TPSA) is 125 Å². The number of nitrogens with zero attached hydrogens (tertiary/aromatic N) is 7. The van der Waals surface area contributed by atoms with Gasteiger partial charge in [0.15, 0.2) is 5.16 Å². The molecule has 4 rings (SSSR count). The lowest BCUT2D eigenvalue weighted by atomic mass is 10.3. The van der Waals surface area contributed by atoms with Crippen molar-refractivity contribution in [2.45, 2.75) is 29.2 Å². The molecule has 0 atom stereocenters. The number of hydrogen-bond donors (Lipinski definition) is 1. The Morgan fingerprint density at radius 3 is 2.80 bits per heavy atom. The number of nitro groups is 1. The van der Waals surface area contributed by atoms with Crippen LogP contribution in [0.2, 0.25) is 0 Å². The van der Waals surface area contributed by atoms with Crippen LogP contribution < -0.4 is 5.32 Å². The zero-order chi connectivity index (χ0) is 17.2. The van der Waals surface area contributed by atoms with Gasteiger partial charge in [-0.05, 0) is 47.2 Å². The summed E-state index contributed by atoms with van der Waals surface area (Å²) in [4.78, 5) is 19.0. The predicted molar refractivity (Wildman–Crippen MR) is 88.6 cm³/mol. The zero-order valence-corrected chi connectivity index (χ0v) is 13.6. The van der Waals surface area contributed by atoms with E-state index in [4.69, 9.17) is 0 Å². The third-order valence-corrected chi connectivity index (χ3v) is 4.30. The zero-order valence-electron chi connectivity index (χ0n) is 12.8. The van der Waals surface area contributed by atoms with Crippen LogP contribution in [0.3, 0.4) is 0 Å². The van der Waals surface area contributed by atoms with E-state index in [2.05, 4.69) is 30.8 Å². The highest BCUT2D eigenvalue weighted by molar-refractivity contribution is 7.99. The van der Waals surface area contributed by atoms with E-state index in [1.807, 2.05) is 30.3 Å². The largest absolute Gasteiger partial charge is 0.361 e. The van der Waals surface area contributed by atoms with Crippen molar-refractivity contribution >= 4 is 23.3 Å². The first-order valence-corrected chi connectivity index (χ1v) is 8.32. The first-order valence-electron chi connectivity index (χ1n) is 7.50. The summed E-state index contributed by atoms with van der Waals surface area (Å²) in [5, 5.41) is 26.6. The number of rotatable bonds is 6. The van der Waals surface area contributed by atoms with Crippen molar-refractivity contribution in [1.82, 2.24) is 30.2 Å². The summed E-state index contributed by atoms with van der Waals surface area (Å²) in [6, 6.07) is 9.64. The molecule has 1 aliphatic carbocycles. The van der Waals surface area contributed by atoms with Gasteiger partial charge in [-0.3, -0.25) is 10.1 Å². The highest BCUT2D eigenvalue weighted by atomic mass is 32.2. The maximum Gasteiger partial charge on any atom is 0.329 e. The molecule has 0 unspecified atom stereocenters. The van der Waals surface area contributed by atoms with Crippen LogP contribution in [0.1, 0.15) is 12.8 Å². The van der Waals surface area contributed by atoms with E-state index in [0.717, 1.165) is 30.3 Å². The van der Waals surface area contributed by atoms with Crippen molar-refractivity contribution in [3.8, 4) is 5.69 Å². The van der Waals surface area contributed by atoms with Gasteiger partial charge in [0, 0.05) is 6.04 Å². The fourth-order valence-corrected chi connectivity index (χ4v) is 2.84. The van der Waals surface area contributed by atoms with E-state index < -0.39 is 4.92 Å². The second-order valence-electron chi connectivity index (χ2n) is 5.37. The van der Waals surface area contributed by atoms with Gasteiger partial charge in [0.05, 0.1) is 10.6 Å². The molecule has 25 heavy (non-hydrogen) atoms. The average Bonchev–Trinajstić information content (AvgIpc) is 3.31. The molecule has 1 fully saturated rings. The van der Waals surface area contributed by atoms with Crippen LogP contribution in [0.4, 0.5) is 11.5 Å². The predicted octanol–water partition coefficient (Wildman–Crippen LogP) is 2.09. The van der Waals surface area contributed by atoms with E-state index in [9.17, 15) is 10.1 Å². The number of para-hydroxylation sites is 1. The summed E-state index contributed by atoms with van der Waals surface area (Å²) < 4.78 is 1.56. The van der Waals surface area contributed by atoms with Crippen LogP contribution in [-0.2, 0) is 0 Å². The Balaban J connectivity index is 1.63. The number of tetrazole rings is 1. The first kappa shape index (κ1) is 15.4. The number of aromatic nitrogens is 6. The summed E-state index contributed by atoms with van der Waals surface area (Å²) in [7, 11) is 0. The lowest BCUT2D eigenvalue weighted by Gasteiger charge is -2.06. The Bertz CT molecular complexity index is 912. The fourth-order valence-electron chi connectivity index (χ4n) is 2.12. The molecule has 2 aromatic heterocycles. The van der Waals surface area contributed by atoms with Gasteiger partial charge in [0.2, 0.25) is 11.0 Å². The molecule has 11 heteroatoms. The number of hydrogen-bond acceptors (Lipinski definition) is 9. The molecule has 126 valence electrons. The highest BCUT2D eigenvalue weighted by Gasteiger charge is 2.27. The number of benzene rings is 1. The third kappa shape index (κ3) is 3.40. The van der Waals surface area contributed by atoms with E-state index >= 15 is 0 Å². The van der Waals surface area contributed by atoms with Gasteiger partial charge in [-0.2, -0.15) is 9.67 Å². The van der Waals surface area contributed by atoms with Crippen molar-refractivity contribution in [2.24, 2.45) is 0 Å². The maximum absolute atomic E-state index is 11.1. The van der Waals surface area contributed by atoms with Crippen molar-refractivity contribution in [3.63, 3.8) is 0 Å². The highest BCUT2D eigenvalue weighted by Crippen LogP contribution is 2.32. The van der Waals surface area contributed by atoms with E-state index in [1.165, 1.54) is 6.20 Å². The van der Waals surface area contributed by atoms with Crippen molar-refractivity contribution < 1.29 is 4.92 Å². The lowest BCUT2D eigenvalue weighted by molar-refractivity contribution is -0.384. The Hall–Kier alpha value is -3.08. The Labute approximate surface area is 145 Å². The molecule has 1 aliphatic rings.